The van der Waals surface area contributed by atoms with Crippen LogP contribution in [0.1, 0.15) is 206 Å². The summed E-state index contributed by atoms with van der Waals surface area (Å²) in [5.41, 5.74) is 0. The fraction of sp³-hybridized carbons (Fsp3) is 0.766. The molecule has 1 aliphatic carbocycles. The summed E-state index contributed by atoms with van der Waals surface area (Å²) in [4.78, 5) is 13.3. The molecule has 0 amide bonds. The lowest BCUT2D eigenvalue weighted by Crippen LogP contribution is -2.33. The van der Waals surface area contributed by atoms with Crippen LogP contribution in [-0.4, -0.2) is 18.9 Å². The normalized spacial score (nSPS) is 17.9. The summed E-state index contributed by atoms with van der Waals surface area (Å²) in [7, 11) is 2.07. The SMILES string of the molecule is CCCCC/C=C\C/C=C\CCCCCCCCC(CCCC/C=C/CC/C=C\C/C=C\CCCCCC)CC(=O)C1CCC(NC)CC1. The molecule has 0 bridgehead atoms. The van der Waals surface area contributed by atoms with Gasteiger partial charge in [0.25, 0.3) is 0 Å². The number of carbonyl (C=O) groups excluding carboxylic acids is 1. The molecule has 0 aliphatic heterocycles. The summed E-state index contributed by atoms with van der Waals surface area (Å²) in [5, 5.41) is 3.42. The van der Waals surface area contributed by atoms with Gasteiger partial charge in [-0.2, -0.15) is 0 Å². The molecular formula is C47H83NO. The Balaban J connectivity index is 2.23. The van der Waals surface area contributed by atoms with Gasteiger partial charge in [0.15, 0.2) is 0 Å². The molecule has 1 unspecified atom stereocenters. The number of Topliss-reactive ketones (excluding diaryl/α,β-unsaturated/α-hetero) is 1. The van der Waals surface area contributed by atoms with Crippen molar-refractivity contribution in [2.24, 2.45) is 11.8 Å². The standard InChI is InChI=1S/C47H83NO/c1-4-6-8-10-12-14-16-18-20-22-24-26-28-30-32-34-36-38-44(43-47(49)45-39-41-46(48-3)42-40-45)37-35-33-31-29-27-25-23-21-19-17-15-13-11-9-7-5-2/h13-16,19-22,28,30,44-46,48H,4-12,17-18,23-27,29,31-43H2,1-3H3/b15-13-,16-14-,21-19-,22-20-,30-28+. The Bertz CT molecular complexity index is 855. The van der Waals surface area contributed by atoms with Gasteiger partial charge in [0, 0.05) is 18.4 Å². The molecule has 49 heavy (non-hydrogen) atoms. The Morgan fingerprint density at radius 3 is 1.45 bits per heavy atom. The van der Waals surface area contributed by atoms with Crippen LogP contribution in [0.5, 0.6) is 0 Å². The van der Waals surface area contributed by atoms with Gasteiger partial charge >= 0.3 is 0 Å². The van der Waals surface area contributed by atoms with Crippen LogP contribution in [0.2, 0.25) is 0 Å². The molecule has 1 saturated carbocycles. The van der Waals surface area contributed by atoms with Crippen molar-refractivity contribution in [1.82, 2.24) is 5.32 Å². The summed E-state index contributed by atoms with van der Waals surface area (Å²) in [6.45, 7) is 4.54. The van der Waals surface area contributed by atoms with E-state index in [9.17, 15) is 4.79 Å². The first-order valence-corrected chi connectivity index (χ1v) is 21.7. The smallest absolute Gasteiger partial charge is 0.136 e. The lowest BCUT2D eigenvalue weighted by atomic mass is 9.79. The second-order valence-corrected chi connectivity index (χ2v) is 15.1. The van der Waals surface area contributed by atoms with Crippen LogP contribution >= 0.6 is 0 Å². The van der Waals surface area contributed by atoms with E-state index in [4.69, 9.17) is 0 Å². The van der Waals surface area contributed by atoms with Gasteiger partial charge in [-0.25, -0.2) is 0 Å². The molecule has 0 radical (unpaired) electrons. The molecule has 0 aromatic rings. The third-order valence-electron chi connectivity index (χ3n) is 10.6. The number of hydrogen-bond donors (Lipinski definition) is 1. The van der Waals surface area contributed by atoms with E-state index in [1.165, 1.54) is 148 Å². The van der Waals surface area contributed by atoms with E-state index in [1.807, 2.05) is 0 Å². The van der Waals surface area contributed by atoms with E-state index in [0.717, 1.165) is 44.9 Å². The Kier molecular flexibility index (Phi) is 33.4. The van der Waals surface area contributed by atoms with Crippen molar-refractivity contribution in [1.29, 1.82) is 0 Å². The quantitative estimate of drug-likeness (QED) is 0.0542. The van der Waals surface area contributed by atoms with Crippen molar-refractivity contribution in [3.63, 3.8) is 0 Å². The number of allylic oxidation sites excluding steroid dienone is 10. The second kappa shape index (κ2) is 36.1. The van der Waals surface area contributed by atoms with Gasteiger partial charge in [0.05, 0.1) is 0 Å². The largest absolute Gasteiger partial charge is 0.317 e. The van der Waals surface area contributed by atoms with Crippen molar-refractivity contribution in [2.75, 3.05) is 7.05 Å². The summed E-state index contributed by atoms with van der Waals surface area (Å²) >= 11 is 0. The first-order valence-electron chi connectivity index (χ1n) is 21.7. The van der Waals surface area contributed by atoms with Crippen molar-refractivity contribution in [3.05, 3.63) is 60.8 Å². The molecular weight excluding hydrogens is 595 g/mol. The van der Waals surface area contributed by atoms with Gasteiger partial charge in [0.2, 0.25) is 0 Å². The first-order chi connectivity index (χ1) is 24.2. The number of nitrogens with one attached hydrogen (secondary N) is 1. The van der Waals surface area contributed by atoms with Crippen LogP contribution in [-0.2, 0) is 4.79 Å². The zero-order chi connectivity index (χ0) is 35.3. The highest BCUT2D eigenvalue weighted by Gasteiger charge is 2.27. The zero-order valence-corrected chi connectivity index (χ0v) is 33.1. The number of rotatable bonds is 34. The summed E-state index contributed by atoms with van der Waals surface area (Å²) in [5.74, 6) is 1.50. The van der Waals surface area contributed by atoms with Crippen molar-refractivity contribution in [3.8, 4) is 0 Å². The van der Waals surface area contributed by atoms with Gasteiger partial charge in [0.1, 0.15) is 5.78 Å². The third kappa shape index (κ3) is 29.7. The Morgan fingerprint density at radius 1 is 0.510 bits per heavy atom. The molecule has 0 aromatic carbocycles. The van der Waals surface area contributed by atoms with Crippen LogP contribution in [0.25, 0.3) is 0 Å². The Labute approximate surface area is 307 Å². The average molecular weight is 678 g/mol. The molecule has 1 aliphatic rings. The van der Waals surface area contributed by atoms with E-state index in [0.29, 0.717) is 23.7 Å². The molecule has 1 fully saturated rings. The van der Waals surface area contributed by atoms with Gasteiger partial charge in [-0.1, -0.05) is 158 Å². The van der Waals surface area contributed by atoms with Crippen LogP contribution < -0.4 is 5.32 Å². The molecule has 2 nitrogen and oxygen atoms in total. The number of unbranched alkanes of at least 4 members (excludes halogenated alkanes) is 16. The number of hydrogen-bond acceptors (Lipinski definition) is 2. The maximum Gasteiger partial charge on any atom is 0.136 e. The monoisotopic (exact) mass is 678 g/mol. The fourth-order valence-corrected chi connectivity index (χ4v) is 7.24. The van der Waals surface area contributed by atoms with Crippen LogP contribution in [0, 0.1) is 11.8 Å². The molecule has 282 valence electrons. The molecule has 2 heteroatoms. The minimum Gasteiger partial charge on any atom is -0.317 e. The highest BCUT2D eigenvalue weighted by molar-refractivity contribution is 5.81. The van der Waals surface area contributed by atoms with Crippen molar-refractivity contribution < 1.29 is 4.79 Å². The molecule has 0 spiro atoms. The highest BCUT2D eigenvalue weighted by Crippen LogP contribution is 2.30. The molecule has 1 N–H and O–H groups in total. The van der Waals surface area contributed by atoms with Crippen LogP contribution in [0.4, 0.5) is 0 Å². The predicted octanol–water partition coefficient (Wildman–Crippen LogP) is 14.9. The number of carbonyl (C=O) groups is 1. The minimum absolute atomic E-state index is 0.325. The van der Waals surface area contributed by atoms with Crippen molar-refractivity contribution in [2.45, 2.75) is 213 Å². The Morgan fingerprint density at radius 2 is 0.898 bits per heavy atom. The molecule has 1 atom stereocenters. The predicted molar refractivity (Wildman–Crippen MR) is 220 cm³/mol. The summed E-state index contributed by atoms with van der Waals surface area (Å²) < 4.78 is 0. The topological polar surface area (TPSA) is 29.1 Å². The first kappa shape index (κ1) is 45.4. The van der Waals surface area contributed by atoms with E-state index in [1.54, 1.807) is 0 Å². The Hall–Kier alpha value is -1.67. The number of ketones is 1. The lowest BCUT2D eigenvalue weighted by molar-refractivity contribution is -0.125. The van der Waals surface area contributed by atoms with Gasteiger partial charge in [-0.3, -0.25) is 4.79 Å². The maximum atomic E-state index is 13.3. The average Bonchev–Trinajstić information content (AvgIpc) is 3.12. The molecule has 0 saturated heterocycles. The van der Waals surface area contributed by atoms with Crippen LogP contribution in [0.3, 0.4) is 0 Å². The molecule has 0 aromatic heterocycles. The van der Waals surface area contributed by atoms with Gasteiger partial charge < -0.3 is 5.32 Å². The van der Waals surface area contributed by atoms with Crippen molar-refractivity contribution >= 4 is 5.78 Å². The summed E-state index contributed by atoms with van der Waals surface area (Å²) in [6, 6.07) is 0.620. The van der Waals surface area contributed by atoms with Gasteiger partial charge in [-0.05, 0) is 116 Å². The van der Waals surface area contributed by atoms with E-state index in [2.05, 4.69) is 87.0 Å². The van der Waals surface area contributed by atoms with E-state index < -0.39 is 0 Å². The zero-order valence-electron chi connectivity index (χ0n) is 33.1. The fourth-order valence-electron chi connectivity index (χ4n) is 7.24. The van der Waals surface area contributed by atoms with Crippen LogP contribution in [0.15, 0.2) is 60.8 Å². The third-order valence-corrected chi connectivity index (χ3v) is 10.6. The molecule has 1 rings (SSSR count). The second-order valence-electron chi connectivity index (χ2n) is 15.1. The molecule has 0 heterocycles. The summed E-state index contributed by atoms with van der Waals surface area (Å²) in [6.07, 6.45) is 60.7. The van der Waals surface area contributed by atoms with Gasteiger partial charge in [-0.15, -0.1) is 0 Å². The lowest BCUT2D eigenvalue weighted by Gasteiger charge is -2.28. The van der Waals surface area contributed by atoms with E-state index in [-0.39, 0.29) is 0 Å². The minimum atomic E-state index is 0.325. The maximum absolute atomic E-state index is 13.3. The highest BCUT2D eigenvalue weighted by atomic mass is 16.1. The van der Waals surface area contributed by atoms with E-state index >= 15 is 0 Å².